The molecule has 0 spiro atoms. The monoisotopic (exact) mass is 288 g/mol. The third-order valence-corrected chi connectivity index (χ3v) is 5.33. The second-order valence-corrected chi connectivity index (χ2v) is 6.64. The largest absolute Gasteiger partial charge is 0.399 e. The molecular weight excluding hydrogens is 268 g/mol. The van der Waals surface area contributed by atoms with Crippen LogP contribution in [-0.2, 0) is 0 Å². The fourth-order valence-corrected chi connectivity index (χ4v) is 3.88. The number of anilines is 1. The molecule has 0 bridgehead atoms. The SMILES string of the molecule is CCC1CCN(C(=O)c2cc3cc(N)ccc3s2)CC1. The molecule has 3 rings (SSSR count). The van der Waals surface area contributed by atoms with Crippen molar-refractivity contribution < 1.29 is 4.79 Å². The van der Waals surface area contributed by atoms with Crippen LogP contribution in [0.3, 0.4) is 0 Å². The van der Waals surface area contributed by atoms with Crippen molar-refractivity contribution in [3.8, 4) is 0 Å². The minimum absolute atomic E-state index is 0.180. The van der Waals surface area contributed by atoms with Gasteiger partial charge in [-0.3, -0.25) is 4.79 Å². The van der Waals surface area contributed by atoms with Gasteiger partial charge in [0.05, 0.1) is 4.88 Å². The van der Waals surface area contributed by atoms with Gasteiger partial charge in [0.1, 0.15) is 0 Å². The molecule has 1 amide bonds. The highest BCUT2D eigenvalue weighted by molar-refractivity contribution is 7.20. The van der Waals surface area contributed by atoms with E-state index in [2.05, 4.69) is 6.92 Å². The molecular formula is C16H20N2OS. The second kappa shape index (κ2) is 5.44. The molecule has 1 aromatic carbocycles. The molecule has 1 aromatic heterocycles. The average molecular weight is 288 g/mol. The van der Waals surface area contributed by atoms with Crippen molar-refractivity contribution in [3.05, 3.63) is 29.1 Å². The van der Waals surface area contributed by atoms with Gasteiger partial charge in [0.2, 0.25) is 0 Å². The minimum Gasteiger partial charge on any atom is -0.399 e. The number of benzene rings is 1. The van der Waals surface area contributed by atoms with Gasteiger partial charge in [-0.2, -0.15) is 0 Å². The van der Waals surface area contributed by atoms with Crippen LogP contribution in [0.4, 0.5) is 5.69 Å². The summed E-state index contributed by atoms with van der Waals surface area (Å²) < 4.78 is 1.13. The highest BCUT2D eigenvalue weighted by Gasteiger charge is 2.23. The number of piperidine rings is 1. The fraction of sp³-hybridized carbons (Fsp3) is 0.438. The molecule has 1 aliphatic rings. The van der Waals surface area contributed by atoms with Crippen LogP contribution in [0, 0.1) is 5.92 Å². The Hall–Kier alpha value is -1.55. The van der Waals surface area contributed by atoms with Gasteiger partial charge in [-0.15, -0.1) is 11.3 Å². The topological polar surface area (TPSA) is 46.3 Å². The van der Waals surface area contributed by atoms with E-state index in [0.29, 0.717) is 0 Å². The molecule has 0 aliphatic carbocycles. The van der Waals surface area contributed by atoms with Gasteiger partial charge in [-0.1, -0.05) is 13.3 Å². The Morgan fingerprint density at radius 1 is 1.35 bits per heavy atom. The number of likely N-dealkylation sites (tertiary alicyclic amines) is 1. The molecule has 2 aromatic rings. The summed E-state index contributed by atoms with van der Waals surface area (Å²) in [6.45, 7) is 4.03. The van der Waals surface area contributed by atoms with Gasteiger partial charge in [0.25, 0.3) is 5.91 Å². The van der Waals surface area contributed by atoms with Crippen molar-refractivity contribution in [2.75, 3.05) is 18.8 Å². The second-order valence-electron chi connectivity index (χ2n) is 5.55. The number of nitrogens with zero attached hydrogens (tertiary/aromatic N) is 1. The third kappa shape index (κ3) is 2.52. The smallest absolute Gasteiger partial charge is 0.263 e. The van der Waals surface area contributed by atoms with Gasteiger partial charge in [0, 0.05) is 23.5 Å². The maximum absolute atomic E-state index is 12.6. The number of nitrogen functional groups attached to an aromatic ring is 1. The number of hydrogen-bond acceptors (Lipinski definition) is 3. The highest BCUT2D eigenvalue weighted by Crippen LogP contribution is 2.29. The third-order valence-electron chi connectivity index (χ3n) is 4.23. The molecule has 1 fully saturated rings. The standard InChI is InChI=1S/C16H20N2OS/c1-2-11-5-7-18(8-6-11)16(19)15-10-12-9-13(17)3-4-14(12)20-15/h3-4,9-11H,2,5-8,17H2,1H3. The number of nitrogens with two attached hydrogens (primary N) is 1. The fourth-order valence-electron chi connectivity index (χ4n) is 2.87. The van der Waals surface area contributed by atoms with Crippen molar-refractivity contribution >= 4 is 33.0 Å². The zero-order valence-electron chi connectivity index (χ0n) is 11.8. The van der Waals surface area contributed by atoms with Crippen molar-refractivity contribution in [1.29, 1.82) is 0 Å². The zero-order chi connectivity index (χ0) is 14.1. The molecule has 4 heteroatoms. The van der Waals surface area contributed by atoms with Crippen LogP contribution in [0.1, 0.15) is 35.9 Å². The lowest BCUT2D eigenvalue weighted by atomic mass is 9.94. The highest BCUT2D eigenvalue weighted by atomic mass is 32.1. The van der Waals surface area contributed by atoms with E-state index in [9.17, 15) is 4.79 Å². The molecule has 3 nitrogen and oxygen atoms in total. The summed E-state index contributed by atoms with van der Waals surface area (Å²) in [5, 5.41) is 1.07. The van der Waals surface area contributed by atoms with E-state index in [1.54, 1.807) is 11.3 Å². The van der Waals surface area contributed by atoms with Crippen LogP contribution in [0.5, 0.6) is 0 Å². The van der Waals surface area contributed by atoms with Gasteiger partial charge in [-0.05, 0) is 48.4 Å². The Morgan fingerprint density at radius 2 is 2.10 bits per heavy atom. The molecule has 2 heterocycles. The van der Waals surface area contributed by atoms with Crippen molar-refractivity contribution in [2.24, 2.45) is 5.92 Å². The van der Waals surface area contributed by atoms with Crippen LogP contribution in [-0.4, -0.2) is 23.9 Å². The van der Waals surface area contributed by atoms with E-state index in [1.165, 1.54) is 6.42 Å². The molecule has 0 unspecified atom stereocenters. The number of amides is 1. The molecule has 2 N–H and O–H groups in total. The minimum atomic E-state index is 0.180. The molecule has 1 saturated heterocycles. The predicted octanol–water partition coefficient (Wildman–Crippen LogP) is 3.75. The number of thiophene rings is 1. The van der Waals surface area contributed by atoms with Crippen LogP contribution in [0.2, 0.25) is 0 Å². The van der Waals surface area contributed by atoms with E-state index >= 15 is 0 Å². The molecule has 0 radical (unpaired) electrons. The maximum Gasteiger partial charge on any atom is 0.263 e. The quantitative estimate of drug-likeness (QED) is 0.856. The van der Waals surface area contributed by atoms with E-state index in [1.807, 2.05) is 29.2 Å². The van der Waals surface area contributed by atoms with Crippen molar-refractivity contribution in [3.63, 3.8) is 0 Å². The maximum atomic E-state index is 12.6. The molecule has 0 saturated carbocycles. The predicted molar refractivity (Wildman–Crippen MR) is 85.2 cm³/mol. The Labute approximate surface area is 123 Å². The van der Waals surface area contributed by atoms with Crippen molar-refractivity contribution in [2.45, 2.75) is 26.2 Å². The lowest BCUT2D eigenvalue weighted by Crippen LogP contribution is -2.37. The molecule has 1 aliphatic heterocycles. The molecule has 106 valence electrons. The van der Waals surface area contributed by atoms with E-state index in [-0.39, 0.29) is 5.91 Å². The lowest BCUT2D eigenvalue weighted by molar-refractivity contribution is 0.0694. The Kier molecular flexibility index (Phi) is 3.66. The number of rotatable bonds is 2. The normalized spacial score (nSPS) is 16.8. The van der Waals surface area contributed by atoms with Gasteiger partial charge >= 0.3 is 0 Å². The summed E-state index contributed by atoms with van der Waals surface area (Å²) in [5.74, 6) is 0.973. The summed E-state index contributed by atoms with van der Waals surface area (Å²) >= 11 is 1.57. The first-order chi connectivity index (χ1) is 9.67. The number of carbonyl (C=O) groups is 1. The zero-order valence-corrected chi connectivity index (χ0v) is 12.6. The van der Waals surface area contributed by atoms with Crippen LogP contribution in [0.25, 0.3) is 10.1 Å². The first kappa shape index (κ1) is 13.4. The molecule has 0 atom stereocenters. The first-order valence-electron chi connectivity index (χ1n) is 7.25. The molecule has 20 heavy (non-hydrogen) atoms. The Bertz CT molecular complexity index is 626. The van der Waals surface area contributed by atoms with Crippen LogP contribution in [0.15, 0.2) is 24.3 Å². The Balaban J connectivity index is 1.79. The van der Waals surface area contributed by atoms with Gasteiger partial charge < -0.3 is 10.6 Å². The number of fused-ring (bicyclic) bond motifs is 1. The van der Waals surface area contributed by atoms with E-state index in [0.717, 1.165) is 52.5 Å². The summed E-state index contributed by atoms with van der Waals surface area (Å²) in [4.78, 5) is 15.4. The number of carbonyl (C=O) groups excluding carboxylic acids is 1. The summed E-state index contributed by atoms with van der Waals surface area (Å²) in [5.41, 5.74) is 6.54. The summed E-state index contributed by atoms with van der Waals surface area (Å²) in [7, 11) is 0. The summed E-state index contributed by atoms with van der Waals surface area (Å²) in [6.07, 6.45) is 3.50. The van der Waals surface area contributed by atoms with Gasteiger partial charge in [-0.25, -0.2) is 0 Å². The van der Waals surface area contributed by atoms with Crippen LogP contribution >= 0.6 is 11.3 Å². The average Bonchev–Trinajstić information content (AvgIpc) is 2.89. The van der Waals surface area contributed by atoms with Crippen LogP contribution < -0.4 is 5.73 Å². The lowest BCUT2D eigenvalue weighted by Gasteiger charge is -2.31. The van der Waals surface area contributed by atoms with E-state index in [4.69, 9.17) is 5.73 Å². The van der Waals surface area contributed by atoms with Crippen molar-refractivity contribution in [1.82, 2.24) is 4.90 Å². The summed E-state index contributed by atoms with van der Waals surface area (Å²) in [6, 6.07) is 7.80. The first-order valence-corrected chi connectivity index (χ1v) is 8.07. The van der Waals surface area contributed by atoms with Gasteiger partial charge in [0.15, 0.2) is 0 Å². The van der Waals surface area contributed by atoms with E-state index < -0.39 is 0 Å². The number of hydrogen-bond donors (Lipinski definition) is 1. The Morgan fingerprint density at radius 3 is 2.80 bits per heavy atom.